The minimum atomic E-state index is -1.14. The first-order chi connectivity index (χ1) is 6.59. The minimum absolute atomic E-state index is 0.436. The van der Waals surface area contributed by atoms with Crippen LogP contribution in [-0.4, -0.2) is 17.0 Å². The zero-order valence-electron chi connectivity index (χ0n) is 7.48. The van der Waals surface area contributed by atoms with Crippen LogP contribution in [0.3, 0.4) is 0 Å². The molecule has 0 aliphatic rings. The van der Waals surface area contributed by atoms with Crippen LogP contribution in [0.5, 0.6) is 0 Å². The van der Waals surface area contributed by atoms with Crippen LogP contribution < -0.4 is 5.32 Å². The van der Waals surface area contributed by atoms with Gasteiger partial charge in [-0.25, -0.2) is 4.79 Å². The fourth-order valence-corrected chi connectivity index (χ4v) is 1.59. The van der Waals surface area contributed by atoms with Crippen molar-refractivity contribution < 1.29 is 14.7 Å². The quantitative estimate of drug-likeness (QED) is 0.747. The van der Waals surface area contributed by atoms with E-state index in [0.717, 1.165) is 23.4 Å². The Labute approximate surface area is 84.9 Å². The van der Waals surface area contributed by atoms with Gasteiger partial charge in [0.25, 0.3) is 0 Å². The molecule has 14 heavy (non-hydrogen) atoms. The SMILES string of the molecule is Cc1cscc1NC(=O)/C=C/C(=O)O. The van der Waals surface area contributed by atoms with Crippen LogP contribution in [0.2, 0.25) is 0 Å². The van der Waals surface area contributed by atoms with Crippen molar-refractivity contribution in [3.05, 3.63) is 28.5 Å². The number of anilines is 1. The first-order valence-corrected chi connectivity index (χ1v) is 4.78. The molecule has 0 bridgehead atoms. The lowest BCUT2D eigenvalue weighted by Gasteiger charge is -1.98. The summed E-state index contributed by atoms with van der Waals surface area (Å²) in [5.74, 6) is -1.57. The number of hydrogen-bond donors (Lipinski definition) is 2. The average Bonchev–Trinajstić information content (AvgIpc) is 2.49. The Morgan fingerprint density at radius 3 is 2.64 bits per heavy atom. The molecule has 0 radical (unpaired) electrons. The zero-order valence-corrected chi connectivity index (χ0v) is 8.30. The summed E-state index contributed by atoms with van der Waals surface area (Å²) >= 11 is 1.48. The molecule has 0 aliphatic heterocycles. The average molecular weight is 211 g/mol. The van der Waals surface area contributed by atoms with Crippen molar-refractivity contribution in [1.29, 1.82) is 0 Å². The molecule has 1 rings (SSSR count). The van der Waals surface area contributed by atoms with Gasteiger partial charge in [0, 0.05) is 17.5 Å². The highest BCUT2D eigenvalue weighted by Crippen LogP contribution is 2.18. The lowest BCUT2D eigenvalue weighted by Crippen LogP contribution is -2.08. The van der Waals surface area contributed by atoms with Gasteiger partial charge in [-0.2, -0.15) is 0 Å². The predicted octanol–water partition coefficient (Wildman–Crippen LogP) is 1.64. The smallest absolute Gasteiger partial charge is 0.328 e. The van der Waals surface area contributed by atoms with E-state index < -0.39 is 11.9 Å². The second kappa shape index (κ2) is 4.57. The molecule has 0 fully saturated rings. The molecular formula is C9H9NO3S. The van der Waals surface area contributed by atoms with Crippen LogP contribution >= 0.6 is 11.3 Å². The van der Waals surface area contributed by atoms with Gasteiger partial charge < -0.3 is 10.4 Å². The molecule has 1 aromatic rings. The van der Waals surface area contributed by atoms with E-state index in [0.29, 0.717) is 0 Å². The van der Waals surface area contributed by atoms with Crippen LogP contribution in [0.4, 0.5) is 5.69 Å². The number of aliphatic carboxylic acids is 1. The van der Waals surface area contributed by atoms with Gasteiger partial charge >= 0.3 is 5.97 Å². The van der Waals surface area contributed by atoms with Gasteiger partial charge in [-0.05, 0) is 17.9 Å². The fourth-order valence-electron chi connectivity index (χ4n) is 0.810. The number of rotatable bonds is 3. The Balaban J connectivity index is 2.58. The number of amides is 1. The van der Waals surface area contributed by atoms with E-state index in [1.54, 1.807) is 5.38 Å². The molecule has 0 atom stereocenters. The van der Waals surface area contributed by atoms with Crippen molar-refractivity contribution in [2.45, 2.75) is 6.92 Å². The molecule has 2 N–H and O–H groups in total. The third-order valence-electron chi connectivity index (χ3n) is 1.49. The third kappa shape index (κ3) is 3.02. The monoisotopic (exact) mass is 211 g/mol. The second-order valence-corrected chi connectivity index (χ2v) is 3.37. The molecule has 0 spiro atoms. The Morgan fingerprint density at radius 2 is 2.14 bits per heavy atom. The number of thiophene rings is 1. The first-order valence-electron chi connectivity index (χ1n) is 3.84. The maximum atomic E-state index is 11.1. The lowest BCUT2D eigenvalue weighted by molar-refractivity contribution is -0.131. The number of aryl methyl sites for hydroxylation is 1. The molecule has 1 amide bonds. The van der Waals surface area contributed by atoms with Crippen LogP contribution in [-0.2, 0) is 9.59 Å². The Hall–Kier alpha value is -1.62. The number of carboxylic acid groups (broad SMARTS) is 1. The van der Waals surface area contributed by atoms with Gasteiger partial charge in [0.05, 0.1) is 5.69 Å². The predicted molar refractivity (Wildman–Crippen MR) is 54.5 cm³/mol. The van der Waals surface area contributed by atoms with Crippen LogP contribution in [0.15, 0.2) is 22.9 Å². The van der Waals surface area contributed by atoms with E-state index >= 15 is 0 Å². The zero-order chi connectivity index (χ0) is 10.6. The third-order valence-corrected chi connectivity index (χ3v) is 2.35. The van der Waals surface area contributed by atoms with E-state index in [4.69, 9.17) is 5.11 Å². The van der Waals surface area contributed by atoms with Crippen molar-refractivity contribution in [3.63, 3.8) is 0 Å². The minimum Gasteiger partial charge on any atom is -0.478 e. The summed E-state index contributed by atoms with van der Waals surface area (Å²) in [5, 5.41) is 14.5. The molecule has 0 unspecified atom stereocenters. The van der Waals surface area contributed by atoms with Gasteiger partial charge in [0.2, 0.25) is 5.91 Å². The van der Waals surface area contributed by atoms with Crippen LogP contribution in [0, 0.1) is 6.92 Å². The van der Waals surface area contributed by atoms with E-state index in [9.17, 15) is 9.59 Å². The van der Waals surface area contributed by atoms with E-state index in [2.05, 4.69) is 5.32 Å². The summed E-state index contributed by atoms with van der Waals surface area (Å²) in [6, 6.07) is 0. The van der Waals surface area contributed by atoms with Crippen molar-refractivity contribution in [1.82, 2.24) is 0 Å². The van der Waals surface area contributed by atoms with Crippen LogP contribution in [0.25, 0.3) is 0 Å². The molecule has 4 nitrogen and oxygen atoms in total. The molecule has 0 saturated heterocycles. The summed E-state index contributed by atoms with van der Waals surface area (Å²) in [5.41, 5.74) is 1.68. The van der Waals surface area contributed by atoms with Crippen molar-refractivity contribution >= 4 is 28.9 Å². The topological polar surface area (TPSA) is 66.4 Å². The molecule has 0 aliphatic carbocycles. The van der Waals surface area contributed by atoms with Gasteiger partial charge in [-0.1, -0.05) is 0 Å². The largest absolute Gasteiger partial charge is 0.478 e. The number of carboxylic acids is 1. The Bertz CT molecular complexity index is 381. The van der Waals surface area contributed by atoms with E-state index in [-0.39, 0.29) is 0 Å². The first kappa shape index (κ1) is 10.5. The molecular weight excluding hydrogens is 202 g/mol. The molecule has 1 heterocycles. The van der Waals surface area contributed by atoms with Crippen molar-refractivity contribution in [2.24, 2.45) is 0 Å². The fraction of sp³-hybridized carbons (Fsp3) is 0.111. The molecule has 0 saturated carbocycles. The summed E-state index contributed by atoms with van der Waals surface area (Å²) < 4.78 is 0. The molecule has 1 aromatic heterocycles. The van der Waals surface area contributed by atoms with Gasteiger partial charge in [0.1, 0.15) is 0 Å². The number of hydrogen-bond acceptors (Lipinski definition) is 3. The number of nitrogens with one attached hydrogen (secondary N) is 1. The van der Waals surface area contributed by atoms with Gasteiger partial charge in [-0.15, -0.1) is 11.3 Å². The Morgan fingerprint density at radius 1 is 1.43 bits per heavy atom. The maximum absolute atomic E-state index is 11.1. The maximum Gasteiger partial charge on any atom is 0.328 e. The highest BCUT2D eigenvalue weighted by Gasteiger charge is 2.02. The van der Waals surface area contributed by atoms with E-state index in [1.165, 1.54) is 11.3 Å². The standard InChI is InChI=1S/C9H9NO3S/c1-6-4-14-5-7(6)10-8(11)2-3-9(12)13/h2-5H,1H3,(H,10,11)(H,12,13)/b3-2+. The number of carbonyl (C=O) groups is 2. The lowest BCUT2D eigenvalue weighted by atomic mass is 10.3. The van der Waals surface area contributed by atoms with Crippen molar-refractivity contribution in [2.75, 3.05) is 5.32 Å². The normalized spacial score (nSPS) is 10.4. The summed E-state index contributed by atoms with van der Waals surface area (Å²) in [6.07, 6.45) is 1.79. The van der Waals surface area contributed by atoms with E-state index in [1.807, 2.05) is 12.3 Å². The summed E-state index contributed by atoms with van der Waals surface area (Å²) in [7, 11) is 0. The molecule has 5 heteroatoms. The van der Waals surface area contributed by atoms with Crippen molar-refractivity contribution in [3.8, 4) is 0 Å². The van der Waals surface area contributed by atoms with Gasteiger partial charge in [-0.3, -0.25) is 4.79 Å². The molecule has 0 aromatic carbocycles. The highest BCUT2D eigenvalue weighted by molar-refractivity contribution is 7.08. The summed E-state index contributed by atoms with van der Waals surface area (Å²) in [6.45, 7) is 1.87. The van der Waals surface area contributed by atoms with Gasteiger partial charge in [0.15, 0.2) is 0 Å². The summed E-state index contributed by atoms with van der Waals surface area (Å²) in [4.78, 5) is 21.2. The van der Waals surface area contributed by atoms with Crippen LogP contribution in [0.1, 0.15) is 5.56 Å². The Kier molecular flexibility index (Phi) is 3.41. The highest BCUT2D eigenvalue weighted by atomic mass is 32.1. The number of carbonyl (C=O) groups excluding carboxylic acids is 1. The second-order valence-electron chi connectivity index (χ2n) is 2.63. The molecule has 74 valence electrons.